The number of sulfone groups is 1. The molecule has 0 bridgehead atoms. The predicted octanol–water partition coefficient (Wildman–Crippen LogP) is 2.46. The van der Waals surface area contributed by atoms with E-state index in [4.69, 9.17) is 4.74 Å². The molecule has 1 aliphatic heterocycles. The molecule has 1 aromatic heterocycles. The zero-order valence-corrected chi connectivity index (χ0v) is 18.1. The third kappa shape index (κ3) is 5.51. The molecule has 12 heteroatoms. The first-order chi connectivity index (χ1) is 14.7. The predicted molar refractivity (Wildman–Crippen MR) is 109 cm³/mol. The van der Waals surface area contributed by atoms with Crippen molar-refractivity contribution in [3.63, 3.8) is 0 Å². The van der Waals surface area contributed by atoms with Gasteiger partial charge >= 0.3 is 6.09 Å². The molecule has 1 aromatic carbocycles. The standard InChI is InChI=1S/C19H24N4O7S/c1-3-29-19(24)21-10-8-16(9-11-21)22-18(12-15(20-22)13-30-23(25)26)14-4-6-17(7-5-14)31(2,27)28/h4-7,12,16H,3,8-11,13H2,1-2H3. The Morgan fingerprint density at radius 2 is 1.90 bits per heavy atom. The van der Waals surface area contributed by atoms with Crippen molar-refractivity contribution in [3.8, 4) is 11.3 Å². The molecule has 0 radical (unpaired) electrons. The number of carbonyl (C=O) groups is 1. The van der Waals surface area contributed by atoms with Crippen LogP contribution < -0.4 is 0 Å². The summed E-state index contributed by atoms with van der Waals surface area (Å²) in [5.41, 5.74) is 1.79. The highest BCUT2D eigenvalue weighted by Gasteiger charge is 2.27. The third-order valence-electron chi connectivity index (χ3n) is 5.02. The summed E-state index contributed by atoms with van der Waals surface area (Å²) in [6.07, 6.45) is 2.05. The molecule has 1 saturated heterocycles. The van der Waals surface area contributed by atoms with Crippen molar-refractivity contribution in [1.82, 2.24) is 14.7 Å². The second-order valence-corrected chi connectivity index (χ2v) is 9.19. The van der Waals surface area contributed by atoms with E-state index in [1.54, 1.807) is 34.7 Å². The minimum Gasteiger partial charge on any atom is -0.450 e. The molecule has 1 amide bonds. The van der Waals surface area contributed by atoms with Crippen molar-refractivity contribution in [2.45, 2.75) is 37.3 Å². The molecule has 1 fully saturated rings. The number of likely N-dealkylation sites (tertiary alicyclic amines) is 1. The molecule has 3 rings (SSSR count). The summed E-state index contributed by atoms with van der Waals surface area (Å²) in [6, 6.07) is 8.03. The van der Waals surface area contributed by atoms with E-state index in [-0.39, 0.29) is 23.6 Å². The molecule has 168 valence electrons. The van der Waals surface area contributed by atoms with Crippen molar-refractivity contribution < 1.29 is 27.9 Å². The van der Waals surface area contributed by atoms with Crippen LogP contribution >= 0.6 is 0 Å². The summed E-state index contributed by atoms with van der Waals surface area (Å²) < 4.78 is 30.3. The van der Waals surface area contributed by atoms with Crippen LogP contribution in [0, 0.1) is 10.1 Å². The number of piperidine rings is 1. The molecular formula is C19H24N4O7S. The van der Waals surface area contributed by atoms with Crippen LogP contribution in [0.4, 0.5) is 4.79 Å². The first kappa shape index (κ1) is 22.5. The largest absolute Gasteiger partial charge is 0.450 e. The van der Waals surface area contributed by atoms with E-state index < -0.39 is 14.9 Å². The highest BCUT2D eigenvalue weighted by atomic mass is 32.2. The number of ether oxygens (including phenoxy) is 1. The zero-order chi connectivity index (χ0) is 22.6. The van der Waals surface area contributed by atoms with Crippen LogP contribution in [0.2, 0.25) is 0 Å². The summed E-state index contributed by atoms with van der Waals surface area (Å²) in [4.78, 5) is 28.8. The average molecular weight is 452 g/mol. The Labute approximate surface area is 179 Å². The van der Waals surface area contributed by atoms with Gasteiger partial charge in [0.05, 0.1) is 28.9 Å². The summed E-state index contributed by atoms with van der Waals surface area (Å²) >= 11 is 0. The topological polar surface area (TPSA) is 134 Å². The molecule has 2 heterocycles. The fourth-order valence-corrected chi connectivity index (χ4v) is 4.14. The van der Waals surface area contributed by atoms with Gasteiger partial charge in [0.1, 0.15) is 6.61 Å². The molecular weight excluding hydrogens is 428 g/mol. The van der Waals surface area contributed by atoms with Gasteiger partial charge in [0.25, 0.3) is 5.09 Å². The van der Waals surface area contributed by atoms with E-state index >= 15 is 0 Å². The molecule has 2 aromatic rings. The van der Waals surface area contributed by atoms with Gasteiger partial charge < -0.3 is 14.5 Å². The molecule has 0 aliphatic carbocycles. The van der Waals surface area contributed by atoms with Gasteiger partial charge in [-0.3, -0.25) is 4.68 Å². The number of hydrogen-bond acceptors (Lipinski definition) is 8. The maximum Gasteiger partial charge on any atom is 0.409 e. The average Bonchev–Trinajstić information content (AvgIpc) is 3.16. The number of rotatable bonds is 7. The van der Waals surface area contributed by atoms with Crippen LogP contribution in [0.3, 0.4) is 0 Å². The van der Waals surface area contributed by atoms with Crippen molar-refractivity contribution >= 4 is 15.9 Å². The summed E-state index contributed by atoms with van der Waals surface area (Å²) in [5, 5.41) is 14.2. The Bertz CT molecular complexity index is 1040. The van der Waals surface area contributed by atoms with Gasteiger partial charge in [-0.25, -0.2) is 13.2 Å². The lowest BCUT2D eigenvalue weighted by Gasteiger charge is -2.32. The van der Waals surface area contributed by atoms with Gasteiger partial charge in [-0.15, -0.1) is 10.1 Å². The monoisotopic (exact) mass is 452 g/mol. The van der Waals surface area contributed by atoms with E-state index in [2.05, 4.69) is 9.94 Å². The summed E-state index contributed by atoms with van der Waals surface area (Å²) in [5.74, 6) is 0. The van der Waals surface area contributed by atoms with Crippen LogP contribution in [0.25, 0.3) is 11.3 Å². The Hall–Kier alpha value is -3.15. The smallest absolute Gasteiger partial charge is 0.409 e. The van der Waals surface area contributed by atoms with Gasteiger partial charge in [0.2, 0.25) is 0 Å². The molecule has 0 saturated carbocycles. The van der Waals surface area contributed by atoms with Crippen molar-refractivity contribution in [3.05, 3.63) is 46.1 Å². The van der Waals surface area contributed by atoms with Crippen LogP contribution in [0.5, 0.6) is 0 Å². The number of nitrogens with zero attached hydrogens (tertiary/aromatic N) is 4. The number of benzene rings is 1. The van der Waals surface area contributed by atoms with E-state index in [9.17, 15) is 23.3 Å². The molecule has 1 aliphatic rings. The van der Waals surface area contributed by atoms with E-state index in [1.165, 1.54) is 12.1 Å². The number of carbonyl (C=O) groups excluding carboxylic acids is 1. The van der Waals surface area contributed by atoms with Crippen molar-refractivity contribution in [2.24, 2.45) is 0 Å². The van der Waals surface area contributed by atoms with E-state index in [1.807, 2.05) is 0 Å². The zero-order valence-electron chi connectivity index (χ0n) is 17.3. The number of amides is 1. The summed E-state index contributed by atoms with van der Waals surface area (Å²) in [7, 11) is -3.33. The van der Waals surface area contributed by atoms with E-state index in [0.29, 0.717) is 43.9 Å². The van der Waals surface area contributed by atoms with Gasteiger partial charge in [0, 0.05) is 19.3 Å². The van der Waals surface area contributed by atoms with Gasteiger partial charge in [-0.05, 0) is 43.5 Å². The number of aromatic nitrogens is 2. The molecule has 0 spiro atoms. The first-order valence-electron chi connectivity index (χ1n) is 9.77. The second-order valence-electron chi connectivity index (χ2n) is 7.18. The van der Waals surface area contributed by atoms with Crippen LogP contribution in [-0.2, 0) is 26.0 Å². The molecule has 0 atom stereocenters. The van der Waals surface area contributed by atoms with E-state index in [0.717, 1.165) is 11.8 Å². The molecule has 31 heavy (non-hydrogen) atoms. The molecule has 0 N–H and O–H groups in total. The lowest BCUT2D eigenvalue weighted by atomic mass is 10.0. The second kappa shape index (κ2) is 9.33. The Morgan fingerprint density at radius 3 is 2.45 bits per heavy atom. The fraction of sp³-hybridized carbons (Fsp3) is 0.474. The lowest BCUT2D eigenvalue weighted by molar-refractivity contribution is -0.763. The quantitative estimate of drug-likeness (QED) is 0.462. The SMILES string of the molecule is CCOC(=O)N1CCC(n2nc(CO[N+](=O)[O-])cc2-c2ccc(S(C)(=O)=O)cc2)CC1. The highest BCUT2D eigenvalue weighted by Crippen LogP contribution is 2.30. The Balaban J connectivity index is 1.87. The van der Waals surface area contributed by atoms with Crippen molar-refractivity contribution in [1.29, 1.82) is 0 Å². The lowest BCUT2D eigenvalue weighted by Crippen LogP contribution is -2.39. The maximum atomic E-state index is 11.9. The van der Waals surface area contributed by atoms with Gasteiger partial charge in [-0.1, -0.05) is 12.1 Å². The summed E-state index contributed by atoms with van der Waals surface area (Å²) in [6.45, 7) is 2.76. The van der Waals surface area contributed by atoms with Crippen LogP contribution in [0.15, 0.2) is 35.2 Å². The minimum absolute atomic E-state index is 0.0420. The highest BCUT2D eigenvalue weighted by molar-refractivity contribution is 7.90. The Kier molecular flexibility index (Phi) is 6.78. The maximum absolute atomic E-state index is 11.9. The molecule has 0 unspecified atom stereocenters. The third-order valence-corrected chi connectivity index (χ3v) is 6.15. The van der Waals surface area contributed by atoms with Crippen LogP contribution in [-0.4, -0.2) is 60.2 Å². The number of hydrogen-bond donors (Lipinski definition) is 0. The van der Waals surface area contributed by atoms with Crippen molar-refractivity contribution in [2.75, 3.05) is 26.0 Å². The van der Waals surface area contributed by atoms with Gasteiger partial charge in [0.15, 0.2) is 9.84 Å². The first-order valence-corrected chi connectivity index (χ1v) is 11.7. The molecule has 11 nitrogen and oxygen atoms in total. The minimum atomic E-state index is -3.33. The van der Waals surface area contributed by atoms with Gasteiger partial charge in [-0.2, -0.15) is 5.10 Å². The van der Waals surface area contributed by atoms with Crippen LogP contribution in [0.1, 0.15) is 31.5 Å². The Morgan fingerprint density at radius 1 is 1.26 bits per heavy atom. The fourth-order valence-electron chi connectivity index (χ4n) is 3.51. The normalized spacial score (nSPS) is 15.0.